The molecule has 1 N–H and O–H groups in total. The van der Waals surface area contributed by atoms with Crippen LogP contribution in [0.1, 0.15) is 45.5 Å². The fourth-order valence-electron chi connectivity index (χ4n) is 3.61. The van der Waals surface area contributed by atoms with Crippen LogP contribution in [0.4, 0.5) is 0 Å². The van der Waals surface area contributed by atoms with Gasteiger partial charge in [-0.05, 0) is 62.4 Å². The fourth-order valence-corrected chi connectivity index (χ4v) is 3.61. The van der Waals surface area contributed by atoms with Crippen LogP contribution in [0.25, 0.3) is 6.08 Å². The van der Waals surface area contributed by atoms with E-state index in [-0.39, 0.29) is 17.9 Å². The van der Waals surface area contributed by atoms with E-state index in [2.05, 4.69) is 31.3 Å². The van der Waals surface area contributed by atoms with Gasteiger partial charge in [-0.1, -0.05) is 42.0 Å². The molecule has 0 spiro atoms. The van der Waals surface area contributed by atoms with Crippen molar-refractivity contribution in [3.63, 3.8) is 0 Å². The summed E-state index contributed by atoms with van der Waals surface area (Å²) in [5.74, 6) is 0.00118. The maximum Gasteiger partial charge on any atom is 0.251 e. The van der Waals surface area contributed by atoms with Crippen LogP contribution in [-0.2, 0) is 4.79 Å². The molecule has 1 aliphatic heterocycles. The Labute approximate surface area is 167 Å². The van der Waals surface area contributed by atoms with E-state index in [9.17, 15) is 9.59 Å². The molecule has 0 saturated carbocycles. The lowest BCUT2D eigenvalue weighted by atomic mass is 10.0. The Balaban J connectivity index is 1.52. The Morgan fingerprint density at radius 2 is 1.71 bits per heavy atom. The molecule has 0 bridgehead atoms. The number of aryl methyl sites for hydroxylation is 3. The van der Waals surface area contributed by atoms with Crippen LogP contribution in [-0.4, -0.2) is 35.8 Å². The molecule has 0 unspecified atom stereocenters. The molecule has 1 aliphatic rings. The van der Waals surface area contributed by atoms with E-state index in [4.69, 9.17) is 0 Å². The Morgan fingerprint density at radius 1 is 1.00 bits per heavy atom. The first-order chi connectivity index (χ1) is 13.4. The van der Waals surface area contributed by atoms with Crippen molar-refractivity contribution in [3.8, 4) is 0 Å². The summed E-state index contributed by atoms with van der Waals surface area (Å²) >= 11 is 0. The van der Waals surface area contributed by atoms with Crippen molar-refractivity contribution in [1.82, 2.24) is 10.2 Å². The van der Waals surface area contributed by atoms with Gasteiger partial charge >= 0.3 is 0 Å². The molecule has 4 nitrogen and oxygen atoms in total. The molecular weight excluding hydrogens is 348 g/mol. The first-order valence-corrected chi connectivity index (χ1v) is 9.85. The molecular formula is C24H28N2O2. The van der Waals surface area contributed by atoms with Gasteiger partial charge < -0.3 is 10.2 Å². The molecule has 2 aromatic rings. The van der Waals surface area contributed by atoms with Crippen molar-refractivity contribution in [2.45, 2.75) is 39.7 Å². The number of nitrogens with zero attached hydrogens (tertiary/aromatic N) is 1. The van der Waals surface area contributed by atoms with Gasteiger partial charge in [0.1, 0.15) is 0 Å². The van der Waals surface area contributed by atoms with Gasteiger partial charge in [-0.2, -0.15) is 0 Å². The van der Waals surface area contributed by atoms with Crippen LogP contribution >= 0.6 is 0 Å². The summed E-state index contributed by atoms with van der Waals surface area (Å²) < 4.78 is 0. The number of hydrogen-bond acceptors (Lipinski definition) is 2. The Bertz CT molecular complexity index is 893. The Hall–Kier alpha value is -2.88. The number of rotatable bonds is 4. The third-order valence-corrected chi connectivity index (χ3v) is 5.36. The summed E-state index contributed by atoms with van der Waals surface area (Å²) in [6.45, 7) is 7.38. The Morgan fingerprint density at radius 3 is 2.39 bits per heavy atom. The van der Waals surface area contributed by atoms with Gasteiger partial charge in [-0.3, -0.25) is 9.59 Å². The van der Waals surface area contributed by atoms with E-state index < -0.39 is 0 Å². The molecule has 4 heteroatoms. The second-order valence-corrected chi connectivity index (χ2v) is 7.58. The van der Waals surface area contributed by atoms with Crippen molar-refractivity contribution in [3.05, 3.63) is 76.4 Å². The molecule has 2 aromatic carbocycles. The largest absolute Gasteiger partial charge is 0.349 e. The lowest BCUT2D eigenvalue weighted by molar-refractivity contribution is -0.126. The molecule has 146 valence electrons. The second-order valence-electron chi connectivity index (χ2n) is 7.58. The summed E-state index contributed by atoms with van der Waals surface area (Å²) in [7, 11) is 0. The molecule has 0 radical (unpaired) electrons. The molecule has 1 heterocycles. The highest BCUT2D eigenvalue weighted by atomic mass is 16.2. The predicted molar refractivity (Wildman–Crippen MR) is 113 cm³/mol. The summed E-state index contributed by atoms with van der Waals surface area (Å²) in [4.78, 5) is 26.8. The average Bonchev–Trinajstić information content (AvgIpc) is 2.68. The maximum absolute atomic E-state index is 12.5. The van der Waals surface area contributed by atoms with Gasteiger partial charge in [0.25, 0.3) is 5.91 Å². The number of carbonyl (C=O) groups is 2. The van der Waals surface area contributed by atoms with Crippen molar-refractivity contribution in [1.29, 1.82) is 0 Å². The SMILES string of the molecule is Cc1ccc(/C=C/C(=O)N2CCC(NC(=O)c3ccccc3C)CC2)c(C)c1. The highest BCUT2D eigenvalue weighted by Crippen LogP contribution is 2.15. The van der Waals surface area contributed by atoms with E-state index in [1.807, 2.05) is 48.2 Å². The van der Waals surface area contributed by atoms with Crippen molar-refractivity contribution in [2.24, 2.45) is 0 Å². The third-order valence-electron chi connectivity index (χ3n) is 5.36. The van der Waals surface area contributed by atoms with Gasteiger partial charge in [0.15, 0.2) is 0 Å². The molecule has 0 aromatic heterocycles. The average molecular weight is 377 g/mol. The minimum absolute atomic E-state index is 0.0300. The number of carbonyl (C=O) groups excluding carboxylic acids is 2. The van der Waals surface area contributed by atoms with Gasteiger partial charge in [0.2, 0.25) is 5.91 Å². The molecule has 2 amide bonds. The number of hydrogen-bond donors (Lipinski definition) is 1. The zero-order valence-electron chi connectivity index (χ0n) is 16.9. The summed E-state index contributed by atoms with van der Waals surface area (Å²) in [6, 6.07) is 13.9. The molecule has 0 aliphatic carbocycles. The number of amides is 2. The van der Waals surface area contributed by atoms with Crippen molar-refractivity contribution >= 4 is 17.9 Å². The van der Waals surface area contributed by atoms with Crippen molar-refractivity contribution in [2.75, 3.05) is 13.1 Å². The fraction of sp³-hybridized carbons (Fsp3) is 0.333. The van der Waals surface area contributed by atoms with Gasteiger partial charge in [0, 0.05) is 30.8 Å². The topological polar surface area (TPSA) is 49.4 Å². The first-order valence-electron chi connectivity index (χ1n) is 9.85. The van der Waals surface area contributed by atoms with E-state index in [1.165, 1.54) is 11.1 Å². The number of likely N-dealkylation sites (tertiary alicyclic amines) is 1. The van der Waals surface area contributed by atoms with Crippen LogP contribution in [0, 0.1) is 20.8 Å². The highest BCUT2D eigenvalue weighted by molar-refractivity contribution is 5.96. The van der Waals surface area contributed by atoms with E-state index >= 15 is 0 Å². The molecule has 0 atom stereocenters. The number of nitrogens with one attached hydrogen (secondary N) is 1. The molecule has 3 rings (SSSR count). The van der Waals surface area contributed by atoms with E-state index in [0.717, 1.165) is 29.5 Å². The molecule has 28 heavy (non-hydrogen) atoms. The van der Waals surface area contributed by atoms with Gasteiger partial charge in [0.05, 0.1) is 0 Å². The van der Waals surface area contributed by atoms with Crippen LogP contribution in [0.2, 0.25) is 0 Å². The van der Waals surface area contributed by atoms with Crippen molar-refractivity contribution < 1.29 is 9.59 Å². The number of benzene rings is 2. The lowest BCUT2D eigenvalue weighted by Gasteiger charge is -2.32. The lowest BCUT2D eigenvalue weighted by Crippen LogP contribution is -2.46. The summed E-state index contributed by atoms with van der Waals surface area (Å²) in [6.07, 6.45) is 5.11. The van der Waals surface area contributed by atoms with E-state index in [1.54, 1.807) is 6.08 Å². The van der Waals surface area contributed by atoms with Gasteiger partial charge in [-0.25, -0.2) is 0 Å². The van der Waals surface area contributed by atoms with Crippen LogP contribution in [0.3, 0.4) is 0 Å². The van der Waals surface area contributed by atoms with Gasteiger partial charge in [-0.15, -0.1) is 0 Å². The quantitative estimate of drug-likeness (QED) is 0.819. The zero-order valence-corrected chi connectivity index (χ0v) is 16.9. The number of piperidine rings is 1. The molecule has 1 saturated heterocycles. The molecule has 1 fully saturated rings. The summed E-state index contributed by atoms with van der Waals surface area (Å²) in [5, 5.41) is 3.11. The normalized spacial score (nSPS) is 15.0. The smallest absolute Gasteiger partial charge is 0.251 e. The van der Waals surface area contributed by atoms with Crippen LogP contribution in [0.15, 0.2) is 48.5 Å². The maximum atomic E-state index is 12.5. The Kier molecular flexibility index (Phi) is 6.30. The van der Waals surface area contributed by atoms with Crippen LogP contribution < -0.4 is 5.32 Å². The minimum Gasteiger partial charge on any atom is -0.349 e. The highest BCUT2D eigenvalue weighted by Gasteiger charge is 2.23. The predicted octanol–water partition coefficient (Wildman–Crippen LogP) is 4.05. The zero-order chi connectivity index (χ0) is 20.1. The van der Waals surface area contributed by atoms with Crippen LogP contribution in [0.5, 0.6) is 0 Å². The second kappa shape index (κ2) is 8.87. The van der Waals surface area contributed by atoms with E-state index in [0.29, 0.717) is 13.1 Å². The third kappa shape index (κ3) is 4.89. The monoisotopic (exact) mass is 376 g/mol. The summed E-state index contributed by atoms with van der Waals surface area (Å²) in [5.41, 5.74) is 5.15. The first kappa shape index (κ1) is 19.9. The minimum atomic E-state index is -0.0300. The standard InChI is InChI=1S/C24H28N2O2/c1-17-8-9-20(19(3)16-17)10-11-23(27)26-14-12-21(13-15-26)25-24(28)22-7-5-4-6-18(22)2/h4-11,16,21H,12-15H2,1-3H3,(H,25,28)/b11-10+.